The fraction of sp³-hybridized carbons (Fsp3) is 0.625. The standard InChI is InChI=1S/C16H26N2O2S.ClH/c1-4-17-12-15-7-9-18(10-8-15)21(19,20)16-6-5-13(2)11-14(16)3;/h5-6,11,15,17H,4,7-10,12H2,1-3H3;1H. The van der Waals surface area contributed by atoms with Crippen LogP contribution in [0.3, 0.4) is 0 Å². The number of sulfonamides is 1. The summed E-state index contributed by atoms with van der Waals surface area (Å²) in [7, 11) is -3.34. The van der Waals surface area contributed by atoms with Crippen LogP contribution < -0.4 is 5.32 Å². The average molecular weight is 347 g/mol. The number of aryl methyl sites for hydroxylation is 2. The van der Waals surface area contributed by atoms with Crippen molar-refractivity contribution in [2.75, 3.05) is 26.2 Å². The maximum atomic E-state index is 12.8. The molecule has 1 heterocycles. The first-order valence-electron chi connectivity index (χ1n) is 7.73. The van der Waals surface area contributed by atoms with Crippen molar-refractivity contribution >= 4 is 22.4 Å². The zero-order chi connectivity index (χ0) is 15.5. The SMILES string of the molecule is CCNCC1CCN(S(=O)(=O)c2ccc(C)cc2C)CC1.Cl. The number of piperidine rings is 1. The van der Waals surface area contributed by atoms with E-state index in [1.54, 1.807) is 10.4 Å². The number of hydrogen-bond donors (Lipinski definition) is 1. The average Bonchev–Trinajstić information content (AvgIpc) is 2.45. The van der Waals surface area contributed by atoms with Crippen LogP contribution >= 0.6 is 12.4 Å². The molecular formula is C16H27ClN2O2S. The first-order valence-corrected chi connectivity index (χ1v) is 9.17. The highest BCUT2D eigenvalue weighted by atomic mass is 35.5. The number of nitrogens with zero attached hydrogens (tertiary/aromatic N) is 1. The Morgan fingerprint density at radius 1 is 1.23 bits per heavy atom. The summed E-state index contributed by atoms with van der Waals surface area (Å²) < 4.78 is 27.1. The summed E-state index contributed by atoms with van der Waals surface area (Å²) >= 11 is 0. The quantitative estimate of drug-likeness (QED) is 0.891. The molecule has 0 aromatic heterocycles. The minimum atomic E-state index is -3.34. The second kappa shape index (κ2) is 8.29. The van der Waals surface area contributed by atoms with E-state index in [4.69, 9.17) is 0 Å². The molecule has 1 aromatic rings. The predicted octanol–water partition coefficient (Wildman–Crippen LogP) is 2.74. The lowest BCUT2D eigenvalue weighted by Gasteiger charge is -2.31. The molecule has 1 saturated heterocycles. The molecular weight excluding hydrogens is 320 g/mol. The van der Waals surface area contributed by atoms with Gasteiger partial charge in [-0.15, -0.1) is 12.4 Å². The second-order valence-electron chi connectivity index (χ2n) is 5.92. The number of benzene rings is 1. The molecule has 1 aliphatic heterocycles. The van der Waals surface area contributed by atoms with Gasteiger partial charge in [0.1, 0.15) is 0 Å². The maximum absolute atomic E-state index is 12.8. The van der Waals surface area contributed by atoms with Gasteiger partial charge in [-0.2, -0.15) is 4.31 Å². The van der Waals surface area contributed by atoms with Gasteiger partial charge < -0.3 is 5.32 Å². The first-order chi connectivity index (χ1) is 9.95. The minimum Gasteiger partial charge on any atom is -0.317 e. The minimum absolute atomic E-state index is 0. The molecule has 0 unspecified atom stereocenters. The largest absolute Gasteiger partial charge is 0.317 e. The van der Waals surface area contributed by atoms with E-state index >= 15 is 0 Å². The van der Waals surface area contributed by atoms with Crippen LogP contribution in [0, 0.1) is 19.8 Å². The van der Waals surface area contributed by atoms with Crippen molar-refractivity contribution in [2.45, 2.75) is 38.5 Å². The molecule has 126 valence electrons. The molecule has 4 nitrogen and oxygen atoms in total. The van der Waals surface area contributed by atoms with Crippen LogP contribution in [0.5, 0.6) is 0 Å². The highest BCUT2D eigenvalue weighted by Gasteiger charge is 2.30. The van der Waals surface area contributed by atoms with E-state index in [2.05, 4.69) is 12.2 Å². The van der Waals surface area contributed by atoms with Crippen molar-refractivity contribution in [1.29, 1.82) is 0 Å². The van der Waals surface area contributed by atoms with Gasteiger partial charge in [0, 0.05) is 13.1 Å². The number of hydrogen-bond acceptors (Lipinski definition) is 3. The Labute approximate surface area is 140 Å². The summed E-state index contributed by atoms with van der Waals surface area (Å²) in [5.74, 6) is 0.593. The molecule has 6 heteroatoms. The van der Waals surface area contributed by atoms with Gasteiger partial charge >= 0.3 is 0 Å². The van der Waals surface area contributed by atoms with Crippen molar-refractivity contribution in [1.82, 2.24) is 9.62 Å². The monoisotopic (exact) mass is 346 g/mol. The van der Waals surface area contributed by atoms with Crippen molar-refractivity contribution in [3.63, 3.8) is 0 Å². The van der Waals surface area contributed by atoms with Crippen LogP contribution in [0.4, 0.5) is 0 Å². The molecule has 0 aliphatic carbocycles. The van der Waals surface area contributed by atoms with Crippen LogP contribution in [0.25, 0.3) is 0 Å². The maximum Gasteiger partial charge on any atom is 0.243 e. The second-order valence-corrected chi connectivity index (χ2v) is 7.83. The Hall–Kier alpha value is -0.620. The van der Waals surface area contributed by atoms with Gasteiger partial charge in [-0.3, -0.25) is 0 Å². The Bertz CT molecular complexity index is 582. The molecule has 22 heavy (non-hydrogen) atoms. The summed E-state index contributed by atoms with van der Waals surface area (Å²) in [6.07, 6.45) is 1.88. The highest BCUT2D eigenvalue weighted by Crippen LogP contribution is 2.25. The van der Waals surface area contributed by atoms with Gasteiger partial charge in [-0.25, -0.2) is 8.42 Å². The molecule has 0 saturated carbocycles. The van der Waals surface area contributed by atoms with E-state index < -0.39 is 10.0 Å². The van der Waals surface area contributed by atoms with Crippen LogP contribution in [0.15, 0.2) is 23.1 Å². The Balaban J connectivity index is 0.00000242. The molecule has 1 N–H and O–H groups in total. The summed E-state index contributed by atoms with van der Waals surface area (Å²) in [6, 6.07) is 5.55. The van der Waals surface area contributed by atoms with Crippen LogP contribution in [-0.2, 0) is 10.0 Å². The molecule has 1 aliphatic rings. The summed E-state index contributed by atoms with van der Waals surface area (Å²) in [6.45, 7) is 9.18. The van der Waals surface area contributed by atoms with Crippen LogP contribution in [-0.4, -0.2) is 38.9 Å². The molecule has 0 bridgehead atoms. The topological polar surface area (TPSA) is 49.4 Å². The third-order valence-corrected chi connectivity index (χ3v) is 6.26. The van der Waals surface area contributed by atoms with E-state index in [1.807, 2.05) is 26.0 Å². The molecule has 0 spiro atoms. The molecule has 0 atom stereocenters. The molecule has 1 fully saturated rings. The summed E-state index contributed by atoms with van der Waals surface area (Å²) in [5, 5.41) is 3.35. The number of nitrogens with one attached hydrogen (secondary N) is 1. The third kappa shape index (κ3) is 4.44. The van der Waals surface area contributed by atoms with Crippen molar-refractivity contribution in [3.8, 4) is 0 Å². The Morgan fingerprint density at radius 3 is 2.41 bits per heavy atom. The van der Waals surface area contributed by atoms with Gasteiger partial charge in [-0.05, 0) is 57.3 Å². The zero-order valence-electron chi connectivity index (χ0n) is 13.6. The molecule has 0 radical (unpaired) electrons. The van der Waals surface area contributed by atoms with Crippen LogP contribution in [0.2, 0.25) is 0 Å². The number of halogens is 1. The molecule has 1 aromatic carbocycles. The van der Waals surface area contributed by atoms with E-state index in [-0.39, 0.29) is 12.4 Å². The third-order valence-electron chi connectivity index (χ3n) is 4.20. The predicted molar refractivity (Wildman–Crippen MR) is 93.2 cm³/mol. The lowest BCUT2D eigenvalue weighted by atomic mass is 9.98. The fourth-order valence-corrected chi connectivity index (χ4v) is 4.61. The van der Waals surface area contributed by atoms with Crippen molar-refractivity contribution in [2.24, 2.45) is 5.92 Å². The lowest BCUT2D eigenvalue weighted by Crippen LogP contribution is -2.40. The highest BCUT2D eigenvalue weighted by molar-refractivity contribution is 7.89. The van der Waals surface area contributed by atoms with Gasteiger partial charge in [0.05, 0.1) is 4.90 Å². The van der Waals surface area contributed by atoms with E-state index in [1.165, 1.54) is 0 Å². The summed E-state index contributed by atoms with van der Waals surface area (Å²) in [5.41, 5.74) is 1.93. The molecule has 2 rings (SSSR count). The van der Waals surface area contributed by atoms with Crippen LogP contribution in [0.1, 0.15) is 30.9 Å². The Kier molecular flexibility index (Phi) is 7.32. The van der Waals surface area contributed by atoms with E-state index in [0.717, 1.165) is 37.1 Å². The van der Waals surface area contributed by atoms with Gasteiger partial charge in [0.15, 0.2) is 0 Å². The number of rotatable bonds is 5. The van der Waals surface area contributed by atoms with Crippen molar-refractivity contribution < 1.29 is 8.42 Å². The van der Waals surface area contributed by atoms with E-state index in [9.17, 15) is 8.42 Å². The normalized spacial score (nSPS) is 17.2. The van der Waals surface area contributed by atoms with Gasteiger partial charge in [-0.1, -0.05) is 24.6 Å². The lowest BCUT2D eigenvalue weighted by molar-refractivity contribution is 0.268. The fourth-order valence-electron chi connectivity index (χ4n) is 2.93. The van der Waals surface area contributed by atoms with Gasteiger partial charge in [0.2, 0.25) is 10.0 Å². The molecule has 0 amide bonds. The smallest absolute Gasteiger partial charge is 0.243 e. The Morgan fingerprint density at radius 2 is 1.86 bits per heavy atom. The van der Waals surface area contributed by atoms with E-state index in [0.29, 0.717) is 23.9 Å². The first kappa shape index (κ1) is 19.4. The van der Waals surface area contributed by atoms with Gasteiger partial charge in [0.25, 0.3) is 0 Å². The summed E-state index contributed by atoms with van der Waals surface area (Å²) in [4.78, 5) is 0.457. The van der Waals surface area contributed by atoms with Crippen molar-refractivity contribution in [3.05, 3.63) is 29.3 Å². The zero-order valence-corrected chi connectivity index (χ0v) is 15.3.